The quantitative estimate of drug-likeness (QED) is 0.720. The third-order valence-electron chi connectivity index (χ3n) is 3.79. The molecule has 0 amide bonds. The Kier molecular flexibility index (Phi) is 6.32. The summed E-state index contributed by atoms with van der Waals surface area (Å²) >= 11 is 0. The van der Waals surface area contributed by atoms with Crippen LogP contribution in [0.2, 0.25) is 0 Å². The zero-order valence-corrected chi connectivity index (χ0v) is 11.1. The monoisotopic (exact) mass is 228 g/mol. The molecule has 1 rings (SSSR count). The van der Waals surface area contributed by atoms with Crippen molar-refractivity contribution in [2.45, 2.75) is 39.7 Å². The van der Waals surface area contributed by atoms with Gasteiger partial charge in [-0.1, -0.05) is 20.8 Å². The van der Waals surface area contributed by atoms with E-state index in [0.29, 0.717) is 18.6 Å². The lowest BCUT2D eigenvalue weighted by molar-refractivity contribution is 0.149. The van der Waals surface area contributed by atoms with Crippen LogP contribution in [0, 0.1) is 11.8 Å². The Bertz CT molecular complexity index is 187. The van der Waals surface area contributed by atoms with Gasteiger partial charge in [0, 0.05) is 19.2 Å². The number of aliphatic hydroxyl groups excluding tert-OH is 1. The average Bonchev–Trinajstić information content (AvgIpc) is 2.27. The largest absolute Gasteiger partial charge is 0.396 e. The summed E-state index contributed by atoms with van der Waals surface area (Å²) in [5, 5.41) is 12.5. The van der Waals surface area contributed by atoms with E-state index in [1.54, 1.807) is 0 Å². The summed E-state index contributed by atoms with van der Waals surface area (Å²) in [5.41, 5.74) is 0. The zero-order valence-electron chi connectivity index (χ0n) is 11.1. The number of rotatable bonds is 6. The maximum absolute atomic E-state index is 8.86. The summed E-state index contributed by atoms with van der Waals surface area (Å²) in [7, 11) is 0. The topological polar surface area (TPSA) is 35.5 Å². The van der Waals surface area contributed by atoms with Gasteiger partial charge in [-0.2, -0.15) is 0 Å². The molecule has 1 aliphatic rings. The molecule has 1 aliphatic heterocycles. The van der Waals surface area contributed by atoms with Crippen molar-refractivity contribution in [3.05, 3.63) is 0 Å². The van der Waals surface area contributed by atoms with Gasteiger partial charge in [0.25, 0.3) is 0 Å². The van der Waals surface area contributed by atoms with Crippen molar-refractivity contribution >= 4 is 0 Å². The number of likely N-dealkylation sites (tertiary alicyclic amines) is 1. The van der Waals surface area contributed by atoms with E-state index in [1.165, 1.54) is 26.1 Å². The molecule has 3 unspecified atom stereocenters. The SMILES string of the molecule is CCN1CCC(NCC(C)CCO)C(C)C1. The van der Waals surface area contributed by atoms with Crippen LogP contribution in [0.5, 0.6) is 0 Å². The van der Waals surface area contributed by atoms with Crippen LogP contribution in [0.4, 0.5) is 0 Å². The minimum atomic E-state index is 0.312. The van der Waals surface area contributed by atoms with Gasteiger partial charge in [0.15, 0.2) is 0 Å². The van der Waals surface area contributed by atoms with Crippen LogP contribution in [0.1, 0.15) is 33.6 Å². The van der Waals surface area contributed by atoms with Crippen molar-refractivity contribution in [1.29, 1.82) is 0 Å². The van der Waals surface area contributed by atoms with Crippen LogP contribution in [0.3, 0.4) is 0 Å². The van der Waals surface area contributed by atoms with E-state index in [-0.39, 0.29) is 0 Å². The van der Waals surface area contributed by atoms with Crippen molar-refractivity contribution in [2.24, 2.45) is 11.8 Å². The molecule has 0 spiro atoms. The first-order valence-electron chi connectivity index (χ1n) is 6.74. The molecule has 0 radical (unpaired) electrons. The van der Waals surface area contributed by atoms with E-state index in [0.717, 1.165) is 18.9 Å². The molecule has 0 saturated carbocycles. The molecular weight excluding hydrogens is 200 g/mol. The number of nitrogens with one attached hydrogen (secondary N) is 1. The summed E-state index contributed by atoms with van der Waals surface area (Å²) in [5.74, 6) is 1.33. The fourth-order valence-electron chi connectivity index (χ4n) is 2.50. The Morgan fingerprint density at radius 3 is 2.81 bits per heavy atom. The van der Waals surface area contributed by atoms with Gasteiger partial charge in [0.2, 0.25) is 0 Å². The number of piperidine rings is 1. The normalized spacial score (nSPS) is 29.2. The first-order chi connectivity index (χ1) is 7.67. The summed E-state index contributed by atoms with van der Waals surface area (Å²) in [6.45, 7) is 11.8. The van der Waals surface area contributed by atoms with Crippen molar-refractivity contribution in [1.82, 2.24) is 10.2 Å². The molecule has 1 saturated heterocycles. The molecule has 2 N–H and O–H groups in total. The Hall–Kier alpha value is -0.120. The summed E-state index contributed by atoms with van der Waals surface area (Å²) in [6.07, 6.45) is 2.18. The highest BCUT2D eigenvalue weighted by atomic mass is 16.3. The van der Waals surface area contributed by atoms with E-state index < -0.39 is 0 Å². The predicted octanol–water partition coefficient (Wildman–Crippen LogP) is 1.32. The molecule has 3 heteroatoms. The van der Waals surface area contributed by atoms with E-state index in [9.17, 15) is 0 Å². The molecule has 1 fully saturated rings. The minimum Gasteiger partial charge on any atom is -0.396 e. The van der Waals surface area contributed by atoms with Gasteiger partial charge in [-0.25, -0.2) is 0 Å². The van der Waals surface area contributed by atoms with Gasteiger partial charge >= 0.3 is 0 Å². The number of aliphatic hydroxyl groups is 1. The summed E-state index contributed by atoms with van der Waals surface area (Å²) in [4.78, 5) is 2.53. The maximum Gasteiger partial charge on any atom is 0.0434 e. The maximum atomic E-state index is 8.86. The lowest BCUT2D eigenvalue weighted by Gasteiger charge is -2.37. The van der Waals surface area contributed by atoms with Crippen molar-refractivity contribution in [2.75, 3.05) is 32.8 Å². The van der Waals surface area contributed by atoms with Gasteiger partial charge in [0.1, 0.15) is 0 Å². The lowest BCUT2D eigenvalue weighted by atomic mass is 9.93. The number of nitrogens with zero attached hydrogens (tertiary/aromatic N) is 1. The molecule has 0 aromatic carbocycles. The Morgan fingerprint density at radius 2 is 2.25 bits per heavy atom. The van der Waals surface area contributed by atoms with E-state index in [1.807, 2.05) is 0 Å². The van der Waals surface area contributed by atoms with Crippen LogP contribution in [0.15, 0.2) is 0 Å². The van der Waals surface area contributed by atoms with E-state index in [4.69, 9.17) is 5.11 Å². The summed E-state index contributed by atoms with van der Waals surface area (Å²) in [6, 6.07) is 0.670. The molecule has 1 heterocycles. The standard InChI is InChI=1S/C13H28N2O/c1-4-15-7-5-13(12(3)10-15)14-9-11(2)6-8-16/h11-14,16H,4-10H2,1-3H3. The van der Waals surface area contributed by atoms with Crippen molar-refractivity contribution in [3.63, 3.8) is 0 Å². The molecule has 0 aliphatic carbocycles. The van der Waals surface area contributed by atoms with Gasteiger partial charge < -0.3 is 15.3 Å². The Labute approximate surface area is 100 Å². The zero-order chi connectivity index (χ0) is 12.0. The molecular formula is C13H28N2O. The molecule has 16 heavy (non-hydrogen) atoms. The Morgan fingerprint density at radius 1 is 1.50 bits per heavy atom. The average molecular weight is 228 g/mol. The second-order valence-corrected chi connectivity index (χ2v) is 5.29. The second kappa shape index (κ2) is 7.25. The Balaban J connectivity index is 2.22. The lowest BCUT2D eigenvalue weighted by Crippen LogP contribution is -2.49. The molecule has 0 bridgehead atoms. The van der Waals surface area contributed by atoms with Crippen molar-refractivity contribution in [3.8, 4) is 0 Å². The van der Waals surface area contributed by atoms with Crippen molar-refractivity contribution < 1.29 is 5.11 Å². The van der Waals surface area contributed by atoms with Gasteiger partial charge in [-0.15, -0.1) is 0 Å². The highest BCUT2D eigenvalue weighted by Gasteiger charge is 2.24. The first-order valence-corrected chi connectivity index (χ1v) is 6.74. The summed E-state index contributed by atoms with van der Waals surface area (Å²) < 4.78 is 0. The van der Waals surface area contributed by atoms with Gasteiger partial charge in [-0.05, 0) is 44.3 Å². The minimum absolute atomic E-state index is 0.312. The fraction of sp³-hybridized carbons (Fsp3) is 1.00. The first kappa shape index (κ1) is 13.9. The van der Waals surface area contributed by atoms with Crippen LogP contribution < -0.4 is 5.32 Å². The third kappa shape index (κ3) is 4.40. The molecule has 3 atom stereocenters. The smallest absolute Gasteiger partial charge is 0.0434 e. The molecule has 96 valence electrons. The third-order valence-corrected chi connectivity index (χ3v) is 3.79. The van der Waals surface area contributed by atoms with Crippen LogP contribution in [-0.2, 0) is 0 Å². The second-order valence-electron chi connectivity index (χ2n) is 5.29. The molecule has 0 aromatic heterocycles. The fourth-order valence-corrected chi connectivity index (χ4v) is 2.50. The highest BCUT2D eigenvalue weighted by Crippen LogP contribution is 2.16. The molecule has 3 nitrogen and oxygen atoms in total. The van der Waals surface area contributed by atoms with Crippen LogP contribution >= 0.6 is 0 Å². The highest BCUT2D eigenvalue weighted by molar-refractivity contribution is 4.82. The number of hydrogen-bond acceptors (Lipinski definition) is 3. The van der Waals surface area contributed by atoms with E-state index in [2.05, 4.69) is 31.0 Å². The predicted molar refractivity (Wildman–Crippen MR) is 68.6 cm³/mol. The van der Waals surface area contributed by atoms with Gasteiger partial charge in [0.05, 0.1) is 0 Å². The number of hydrogen-bond donors (Lipinski definition) is 2. The van der Waals surface area contributed by atoms with Crippen LogP contribution in [-0.4, -0.2) is 48.8 Å². The molecule has 0 aromatic rings. The van der Waals surface area contributed by atoms with E-state index >= 15 is 0 Å². The van der Waals surface area contributed by atoms with Gasteiger partial charge in [-0.3, -0.25) is 0 Å². The van der Waals surface area contributed by atoms with Crippen LogP contribution in [0.25, 0.3) is 0 Å².